The lowest BCUT2D eigenvalue weighted by molar-refractivity contribution is -0.113. The number of nitrogens with zero attached hydrogens (tertiary/aromatic N) is 4. The maximum Gasteiger partial charge on any atom is 0.236 e. The molecule has 0 saturated heterocycles. The van der Waals surface area contributed by atoms with Gasteiger partial charge in [-0.1, -0.05) is 29.5 Å². The summed E-state index contributed by atoms with van der Waals surface area (Å²) in [6.45, 7) is 8.95. The summed E-state index contributed by atoms with van der Waals surface area (Å²) in [4.78, 5) is 17.1. The van der Waals surface area contributed by atoms with Gasteiger partial charge in [0.25, 0.3) is 0 Å². The molecule has 7 nitrogen and oxygen atoms in total. The summed E-state index contributed by atoms with van der Waals surface area (Å²) in [6, 6.07) is 7.95. The van der Waals surface area contributed by atoms with Gasteiger partial charge in [-0.25, -0.2) is 4.98 Å². The Hall–Kier alpha value is -2.91. The summed E-state index contributed by atoms with van der Waals surface area (Å²) in [5.74, 6) is 1.40. The smallest absolute Gasteiger partial charge is 0.236 e. The zero-order chi connectivity index (χ0) is 22.0. The minimum Gasteiger partial charge on any atom is -0.461 e. The third-order valence-corrected chi connectivity index (χ3v) is 6.52. The topological polar surface area (TPSA) is 85.8 Å². The summed E-state index contributed by atoms with van der Waals surface area (Å²) in [6.07, 6.45) is 1.60. The minimum atomic E-state index is -0.131. The molecule has 9 heteroatoms. The highest BCUT2D eigenvalue weighted by molar-refractivity contribution is 7.99. The monoisotopic (exact) mass is 453 g/mol. The molecule has 3 aromatic heterocycles. The van der Waals surface area contributed by atoms with Gasteiger partial charge in [-0.15, -0.1) is 21.5 Å². The summed E-state index contributed by atoms with van der Waals surface area (Å²) in [5.41, 5.74) is 5.61. The molecule has 0 bridgehead atoms. The van der Waals surface area contributed by atoms with E-state index in [1.807, 2.05) is 29.0 Å². The van der Waals surface area contributed by atoms with Gasteiger partial charge in [0.15, 0.2) is 21.9 Å². The van der Waals surface area contributed by atoms with Crippen LogP contribution < -0.4 is 5.32 Å². The molecule has 0 aliphatic heterocycles. The summed E-state index contributed by atoms with van der Waals surface area (Å²) in [7, 11) is 0. The first-order valence-electron chi connectivity index (χ1n) is 9.89. The Morgan fingerprint density at radius 2 is 2.00 bits per heavy atom. The van der Waals surface area contributed by atoms with Crippen molar-refractivity contribution in [3.8, 4) is 22.8 Å². The van der Waals surface area contributed by atoms with Gasteiger partial charge in [0.2, 0.25) is 5.91 Å². The zero-order valence-electron chi connectivity index (χ0n) is 17.8. The van der Waals surface area contributed by atoms with Crippen LogP contribution in [0.25, 0.3) is 22.8 Å². The molecule has 0 saturated carbocycles. The first-order valence-corrected chi connectivity index (χ1v) is 11.8. The Kier molecular flexibility index (Phi) is 6.24. The van der Waals surface area contributed by atoms with E-state index >= 15 is 0 Å². The second-order valence-electron chi connectivity index (χ2n) is 7.18. The van der Waals surface area contributed by atoms with Gasteiger partial charge in [-0.3, -0.25) is 9.36 Å². The lowest BCUT2D eigenvalue weighted by atomic mass is 9.98. The first-order chi connectivity index (χ1) is 15.0. The molecular formula is C22H23N5O2S2. The van der Waals surface area contributed by atoms with Gasteiger partial charge in [0, 0.05) is 17.5 Å². The van der Waals surface area contributed by atoms with Gasteiger partial charge in [-0.05, 0) is 51.0 Å². The van der Waals surface area contributed by atoms with Crippen LogP contribution >= 0.6 is 23.1 Å². The number of thioether (sulfide) groups is 1. The Bertz CT molecular complexity index is 1190. The summed E-state index contributed by atoms with van der Waals surface area (Å²) >= 11 is 2.77. The third kappa shape index (κ3) is 4.57. The Morgan fingerprint density at radius 1 is 1.23 bits per heavy atom. The fourth-order valence-electron chi connectivity index (χ4n) is 3.58. The van der Waals surface area contributed by atoms with Crippen LogP contribution in [0.3, 0.4) is 0 Å². The molecule has 0 unspecified atom stereocenters. The van der Waals surface area contributed by atoms with Crippen molar-refractivity contribution < 1.29 is 9.21 Å². The van der Waals surface area contributed by atoms with Crippen LogP contribution in [0.15, 0.2) is 45.5 Å². The number of hydrogen-bond donors (Lipinski definition) is 1. The van der Waals surface area contributed by atoms with Crippen LogP contribution in [0, 0.1) is 20.8 Å². The maximum absolute atomic E-state index is 12.5. The molecule has 0 radical (unpaired) electrons. The number of thiazole rings is 1. The average Bonchev–Trinajstić information content (AvgIpc) is 3.46. The van der Waals surface area contributed by atoms with E-state index in [4.69, 9.17) is 4.42 Å². The van der Waals surface area contributed by atoms with Crippen molar-refractivity contribution in [1.82, 2.24) is 19.7 Å². The van der Waals surface area contributed by atoms with Gasteiger partial charge >= 0.3 is 0 Å². The number of furan rings is 1. The lowest BCUT2D eigenvalue weighted by Gasteiger charge is -2.08. The van der Waals surface area contributed by atoms with Gasteiger partial charge < -0.3 is 9.73 Å². The standard InChI is InChI=1S/C22H23N5O2S2/c1-5-27-20(17-7-6-8-29-17)25-26-22(27)31-12-18(28)24-21-23-16(11-30-21)19-14(3)9-13(2)10-15(19)4/h6-11H,5,12H2,1-4H3,(H,23,24,28). The number of nitrogens with one attached hydrogen (secondary N) is 1. The molecule has 0 aliphatic rings. The van der Waals surface area contributed by atoms with Gasteiger partial charge in [0.05, 0.1) is 17.7 Å². The van der Waals surface area contributed by atoms with Crippen molar-refractivity contribution in [2.24, 2.45) is 0 Å². The van der Waals surface area contributed by atoms with E-state index in [1.165, 1.54) is 39.8 Å². The van der Waals surface area contributed by atoms with Gasteiger partial charge in [-0.2, -0.15) is 0 Å². The van der Waals surface area contributed by atoms with Crippen LogP contribution in [0.2, 0.25) is 0 Å². The number of aryl methyl sites for hydroxylation is 3. The fourth-order valence-corrected chi connectivity index (χ4v) is 5.10. The largest absolute Gasteiger partial charge is 0.461 e. The van der Waals surface area contributed by atoms with Crippen LogP contribution in [0.4, 0.5) is 5.13 Å². The molecular weight excluding hydrogens is 430 g/mol. The molecule has 0 atom stereocenters. The van der Waals surface area contributed by atoms with Crippen molar-refractivity contribution in [3.63, 3.8) is 0 Å². The molecule has 31 heavy (non-hydrogen) atoms. The van der Waals surface area contributed by atoms with E-state index in [0.29, 0.717) is 28.4 Å². The minimum absolute atomic E-state index is 0.131. The number of hydrogen-bond acceptors (Lipinski definition) is 7. The quantitative estimate of drug-likeness (QED) is 0.380. The second kappa shape index (κ2) is 9.07. The molecule has 4 aromatic rings. The van der Waals surface area contributed by atoms with Crippen LogP contribution in [0.1, 0.15) is 23.6 Å². The highest BCUT2D eigenvalue weighted by Gasteiger charge is 2.17. The number of aromatic nitrogens is 4. The number of benzene rings is 1. The highest BCUT2D eigenvalue weighted by atomic mass is 32.2. The van der Waals surface area contributed by atoms with Crippen LogP contribution in [-0.2, 0) is 11.3 Å². The number of rotatable bonds is 7. The maximum atomic E-state index is 12.5. The Balaban J connectivity index is 1.42. The van der Waals surface area contributed by atoms with E-state index in [-0.39, 0.29) is 11.7 Å². The normalized spacial score (nSPS) is 11.1. The highest BCUT2D eigenvalue weighted by Crippen LogP contribution is 2.31. The third-order valence-electron chi connectivity index (χ3n) is 4.79. The molecule has 0 spiro atoms. The summed E-state index contributed by atoms with van der Waals surface area (Å²) < 4.78 is 7.35. The van der Waals surface area contributed by atoms with Crippen molar-refractivity contribution in [1.29, 1.82) is 0 Å². The second-order valence-corrected chi connectivity index (χ2v) is 8.98. The molecule has 0 aliphatic carbocycles. The van der Waals surface area contributed by atoms with Crippen molar-refractivity contribution in [2.75, 3.05) is 11.1 Å². The average molecular weight is 454 g/mol. The molecule has 1 aromatic carbocycles. The number of carbonyl (C=O) groups is 1. The SMILES string of the molecule is CCn1c(SCC(=O)Nc2nc(-c3c(C)cc(C)cc3C)cs2)nnc1-c1ccco1. The Labute approximate surface area is 188 Å². The van der Waals surface area contributed by atoms with E-state index < -0.39 is 0 Å². The first kappa shape index (κ1) is 21.3. The van der Waals surface area contributed by atoms with E-state index in [1.54, 1.807) is 6.26 Å². The Morgan fingerprint density at radius 3 is 2.68 bits per heavy atom. The van der Waals surface area contributed by atoms with Crippen molar-refractivity contribution in [3.05, 3.63) is 52.6 Å². The molecule has 3 heterocycles. The fraction of sp³-hybridized carbons (Fsp3) is 0.273. The van der Waals surface area contributed by atoms with E-state index in [0.717, 1.165) is 11.3 Å². The number of carbonyl (C=O) groups excluding carboxylic acids is 1. The molecule has 1 N–H and O–H groups in total. The predicted molar refractivity (Wildman–Crippen MR) is 125 cm³/mol. The number of anilines is 1. The summed E-state index contributed by atoms with van der Waals surface area (Å²) in [5, 5.41) is 14.6. The lowest BCUT2D eigenvalue weighted by Crippen LogP contribution is -2.14. The zero-order valence-corrected chi connectivity index (χ0v) is 19.4. The van der Waals surface area contributed by atoms with E-state index in [2.05, 4.69) is 53.4 Å². The molecule has 1 amide bonds. The van der Waals surface area contributed by atoms with Crippen molar-refractivity contribution in [2.45, 2.75) is 39.4 Å². The molecule has 160 valence electrons. The van der Waals surface area contributed by atoms with Gasteiger partial charge in [0.1, 0.15) is 0 Å². The van der Waals surface area contributed by atoms with Crippen LogP contribution in [0.5, 0.6) is 0 Å². The van der Waals surface area contributed by atoms with Crippen molar-refractivity contribution >= 4 is 34.1 Å². The number of amides is 1. The molecule has 4 rings (SSSR count). The molecule has 0 fully saturated rings. The van der Waals surface area contributed by atoms with Crippen LogP contribution in [-0.4, -0.2) is 31.4 Å². The van der Waals surface area contributed by atoms with E-state index in [9.17, 15) is 4.79 Å². The predicted octanol–water partition coefficient (Wildman–Crippen LogP) is 5.34.